The highest BCUT2D eigenvalue weighted by atomic mass is 32.2. The second-order valence-corrected chi connectivity index (χ2v) is 5.82. The Hall–Kier alpha value is -1.93. The van der Waals surface area contributed by atoms with Crippen molar-refractivity contribution in [3.63, 3.8) is 0 Å². The molecule has 0 radical (unpaired) electrons. The van der Waals surface area contributed by atoms with Crippen LogP contribution in [0, 0.1) is 12.7 Å². The zero-order valence-corrected chi connectivity index (χ0v) is 14.4. The number of halogens is 1. The molecule has 0 amide bonds. The van der Waals surface area contributed by atoms with Crippen molar-refractivity contribution in [2.75, 3.05) is 7.05 Å². The van der Waals surface area contributed by atoms with Crippen LogP contribution in [-0.4, -0.2) is 32.9 Å². The Labute approximate surface area is 139 Å². The van der Waals surface area contributed by atoms with Crippen LogP contribution in [0.25, 0.3) is 0 Å². The van der Waals surface area contributed by atoms with Crippen LogP contribution in [0.5, 0.6) is 0 Å². The zero-order chi connectivity index (χ0) is 17.4. The molecular formula is C15H21FN4O2S. The molecule has 0 aliphatic rings. The Bertz CT molecular complexity index is 657. The number of carboxylic acids is 1. The summed E-state index contributed by atoms with van der Waals surface area (Å²) in [7, 11) is 3.81. The van der Waals surface area contributed by atoms with Crippen LogP contribution in [0.4, 0.5) is 4.39 Å². The molecule has 2 rings (SSSR count). The first kappa shape index (κ1) is 19.1. The fraction of sp³-hybridized carbons (Fsp3) is 0.400. The van der Waals surface area contributed by atoms with Crippen molar-refractivity contribution in [2.24, 2.45) is 7.05 Å². The number of rotatable bonds is 5. The first-order valence-corrected chi connectivity index (χ1v) is 7.94. The fourth-order valence-corrected chi connectivity index (χ4v) is 2.53. The highest BCUT2D eigenvalue weighted by Crippen LogP contribution is 2.22. The van der Waals surface area contributed by atoms with E-state index >= 15 is 0 Å². The Morgan fingerprint density at radius 3 is 2.65 bits per heavy atom. The predicted octanol–water partition coefficient (Wildman–Crippen LogP) is 2.37. The van der Waals surface area contributed by atoms with Gasteiger partial charge in [-0.15, -0.1) is 10.2 Å². The molecule has 0 bridgehead atoms. The summed E-state index contributed by atoms with van der Waals surface area (Å²) in [6.45, 7) is 3.53. The maximum absolute atomic E-state index is 13.4. The summed E-state index contributed by atoms with van der Waals surface area (Å²) in [5.74, 6) is 0.579. The highest BCUT2D eigenvalue weighted by molar-refractivity contribution is 7.98. The van der Waals surface area contributed by atoms with E-state index in [1.165, 1.54) is 0 Å². The molecule has 0 atom stereocenters. The van der Waals surface area contributed by atoms with Crippen LogP contribution >= 0.6 is 11.8 Å². The van der Waals surface area contributed by atoms with Gasteiger partial charge in [0.25, 0.3) is 5.97 Å². The normalized spacial score (nSPS) is 10.1. The summed E-state index contributed by atoms with van der Waals surface area (Å²) >= 11 is 1.56. The number of hydrogen-bond acceptors (Lipinski definition) is 5. The number of aliphatic carboxylic acids is 1. The lowest BCUT2D eigenvalue weighted by Crippen LogP contribution is -2.10. The minimum absolute atomic E-state index is 0.160. The fourth-order valence-electron chi connectivity index (χ4n) is 1.66. The molecule has 0 unspecified atom stereocenters. The number of carboxylic acid groups (broad SMARTS) is 1. The molecule has 0 aliphatic carbocycles. The number of benzene rings is 1. The monoisotopic (exact) mass is 340 g/mol. The van der Waals surface area contributed by atoms with Crippen molar-refractivity contribution in [1.82, 2.24) is 20.1 Å². The van der Waals surface area contributed by atoms with Gasteiger partial charge in [0.05, 0.1) is 6.54 Å². The van der Waals surface area contributed by atoms with Gasteiger partial charge in [-0.3, -0.25) is 4.79 Å². The van der Waals surface area contributed by atoms with E-state index < -0.39 is 5.97 Å². The van der Waals surface area contributed by atoms with Gasteiger partial charge in [-0.1, -0.05) is 23.9 Å². The maximum atomic E-state index is 13.4. The number of nitrogens with zero attached hydrogens (tertiary/aromatic N) is 3. The van der Waals surface area contributed by atoms with Crippen LogP contribution in [-0.2, 0) is 24.1 Å². The second kappa shape index (κ2) is 9.26. The van der Waals surface area contributed by atoms with E-state index in [0.717, 1.165) is 23.5 Å². The number of aryl methyl sites for hydroxylation is 1. The third-order valence-corrected chi connectivity index (χ3v) is 3.96. The number of aromatic nitrogens is 3. The lowest BCUT2D eigenvalue weighted by Gasteiger charge is -2.04. The summed E-state index contributed by atoms with van der Waals surface area (Å²) in [6.07, 6.45) is 0. The molecule has 0 fully saturated rings. The van der Waals surface area contributed by atoms with Crippen molar-refractivity contribution < 1.29 is 14.3 Å². The van der Waals surface area contributed by atoms with Gasteiger partial charge < -0.3 is 15.0 Å². The molecule has 8 heteroatoms. The predicted molar refractivity (Wildman–Crippen MR) is 87.8 cm³/mol. The number of thioether (sulfide) groups is 1. The first-order chi connectivity index (χ1) is 10.8. The quantitative estimate of drug-likeness (QED) is 0.814. The Morgan fingerprint density at radius 2 is 2.09 bits per heavy atom. The molecule has 6 nitrogen and oxygen atoms in total. The molecule has 0 saturated heterocycles. The SMILES string of the molecule is CC(=O)O.CNCc1nnc(SCc2ccc(C)c(F)c2)n1C. The minimum Gasteiger partial charge on any atom is -0.481 e. The third-order valence-electron chi connectivity index (χ3n) is 2.86. The van der Waals surface area contributed by atoms with Gasteiger partial charge in [0.1, 0.15) is 11.6 Å². The molecule has 23 heavy (non-hydrogen) atoms. The minimum atomic E-state index is -0.833. The van der Waals surface area contributed by atoms with Crippen LogP contribution in [0.3, 0.4) is 0 Å². The molecule has 2 N–H and O–H groups in total. The van der Waals surface area contributed by atoms with E-state index in [9.17, 15) is 4.39 Å². The average molecular weight is 340 g/mol. The molecular weight excluding hydrogens is 319 g/mol. The zero-order valence-electron chi connectivity index (χ0n) is 13.6. The smallest absolute Gasteiger partial charge is 0.300 e. The molecule has 126 valence electrons. The molecule has 1 aromatic carbocycles. The maximum Gasteiger partial charge on any atom is 0.300 e. The Morgan fingerprint density at radius 1 is 1.43 bits per heavy atom. The number of carbonyl (C=O) groups is 1. The Balaban J connectivity index is 0.000000593. The van der Waals surface area contributed by atoms with Crippen molar-refractivity contribution in [2.45, 2.75) is 31.3 Å². The third kappa shape index (κ3) is 6.37. The first-order valence-electron chi connectivity index (χ1n) is 6.95. The van der Waals surface area contributed by atoms with Gasteiger partial charge in [0.2, 0.25) is 0 Å². The second-order valence-electron chi connectivity index (χ2n) is 4.88. The van der Waals surface area contributed by atoms with Crippen LogP contribution in [0.2, 0.25) is 0 Å². The lowest BCUT2D eigenvalue weighted by molar-refractivity contribution is -0.134. The van der Waals surface area contributed by atoms with Crippen LogP contribution in [0.1, 0.15) is 23.9 Å². The van der Waals surface area contributed by atoms with Gasteiger partial charge in [-0.25, -0.2) is 4.39 Å². The van der Waals surface area contributed by atoms with Crippen molar-refractivity contribution in [1.29, 1.82) is 0 Å². The summed E-state index contributed by atoms with van der Waals surface area (Å²) in [5.41, 5.74) is 1.62. The van der Waals surface area contributed by atoms with Crippen LogP contribution < -0.4 is 5.32 Å². The molecule has 0 spiro atoms. The van der Waals surface area contributed by atoms with E-state index in [2.05, 4.69) is 15.5 Å². The molecule has 2 aromatic rings. The van der Waals surface area contributed by atoms with E-state index in [0.29, 0.717) is 17.9 Å². The Kier molecular flexibility index (Phi) is 7.70. The van der Waals surface area contributed by atoms with Crippen molar-refractivity contribution in [3.05, 3.63) is 41.0 Å². The van der Waals surface area contributed by atoms with E-state index in [-0.39, 0.29) is 5.82 Å². The number of hydrogen-bond donors (Lipinski definition) is 2. The largest absolute Gasteiger partial charge is 0.481 e. The van der Waals surface area contributed by atoms with Gasteiger partial charge >= 0.3 is 0 Å². The number of nitrogens with one attached hydrogen (secondary N) is 1. The van der Waals surface area contributed by atoms with Gasteiger partial charge in [-0.2, -0.15) is 0 Å². The highest BCUT2D eigenvalue weighted by Gasteiger charge is 2.09. The summed E-state index contributed by atoms with van der Waals surface area (Å²) in [6, 6.07) is 5.32. The topological polar surface area (TPSA) is 80.0 Å². The van der Waals surface area contributed by atoms with Gasteiger partial charge in [0, 0.05) is 19.7 Å². The van der Waals surface area contributed by atoms with Gasteiger partial charge in [-0.05, 0) is 31.2 Å². The average Bonchev–Trinajstić information content (AvgIpc) is 2.81. The standard InChI is InChI=1S/C13H17FN4S.C2H4O2/c1-9-4-5-10(6-11(9)14)8-19-13-17-16-12(7-15-2)18(13)3;1-2(3)4/h4-6,15H,7-8H2,1-3H3;1H3,(H,3,4). The summed E-state index contributed by atoms with van der Waals surface area (Å²) < 4.78 is 15.4. The van der Waals surface area contributed by atoms with E-state index in [1.54, 1.807) is 30.8 Å². The van der Waals surface area contributed by atoms with Crippen molar-refractivity contribution >= 4 is 17.7 Å². The van der Waals surface area contributed by atoms with E-state index in [4.69, 9.17) is 9.90 Å². The molecule has 1 aromatic heterocycles. The van der Waals surface area contributed by atoms with Gasteiger partial charge in [0.15, 0.2) is 5.16 Å². The molecule has 0 saturated carbocycles. The molecule has 0 aliphatic heterocycles. The molecule has 1 heterocycles. The summed E-state index contributed by atoms with van der Waals surface area (Å²) in [4.78, 5) is 9.00. The summed E-state index contributed by atoms with van der Waals surface area (Å²) in [5, 5.41) is 19.5. The van der Waals surface area contributed by atoms with Crippen molar-refractivity contribution in [3.8, 4) is 0 Å². The van der Waals surface area contributed by atoms with E-state index in [1.807, 2.05) is 24.7 Å². The lowest BCUT2D eigenvalue weighted by atomic mass is 10.2. The van der Waals surface area contributed by atoms with Crippen LogP contribution in [0.15, 0.2) is 23.4 Å².